The molecular formula is C27H26BrN7O2S. The average molecular weight is 593 g/mol. The molecule has 2 heterocycles. The maximum Gasteiger partial charge on any atom is 0.229 e. The van der Waals surface area contributed by atoms with Crippen molar-refractivity contribution in [2.75, 3.05) is 21.6 Å². The van der Waals surface area contributed by atoms with Crippen molar-refractivity contribution in [2.45, 2.75) is 19.9 Å². The highest BCUT2D eigenvalue weighted by Crippen LogP contribution is 2.33. The van der Waals surface area contributed by atoms with Crippen LogP contribution < -0.4 is 15.4 Å². The molecule has 0 atom stereocenters. The molecule has 0 amide bonds. The van der Waals surface area contributed by atoms with Gasteiger partial charge in [-0.15, -0.1) is 0 Å². The Morgan fingerprint density at radius 1 is 0.921 bits per heavy atom. The van der Waals surface area contributed by atoms with E-state index in [1.807, 2.05) is 28.9 Å². The predicted molar refractivity (Wildman–Crippen MR) is 157 cm³/mol. The molecule has 0 aliphatic rings. The van der Waals surface area contributed by atoms with E-state index in [4.69, 9.17) is 5.10 Å². The standard InChI is InChI=1S/C27H26BrN7O2S/c1-17(2)35-16-19-13-12-18(14-25(19)33-35)20-8-4-5-9-22(20)31-27-29-15-21(28)26(32-27)30-23-10-6-7-11-24(23)34-38(3,36)37/h4-17,34H,1-3H3,(H2,29,30,31,32). The summed E-state index contributed by atoms with van der Waals surface area (Å²) in [4.78, 5) is 9.06. The van der Waals surface area contributed by atoms with Crippen LogP contribution in [0.5, 0.6) is 0 Å². The van der Waals surface area contributed by atoms with E-state index in [1.54, 1.807) is 30.5 Å². The molecule has 9 nitrogen and oxygen atoms in total. The van der Waals surface area contributed by atoms with E-state index in [-0.39, 0.29) is 6.04 Å². The maximum absolute atomic E-state index is 11.8. The number of para-hydroxylation sites is 3. The second kappa shape index (κ2) is 10.4. The van der Waals surface area contributed by atoms with Crippen molar-refractivity contribution in [3.8, 4) is 11.1 Å². The largest absolute Gasteiger partial charge is 0.337 e. The number of aromatic nitrogens is 4. The van der Waals surface area contributed by atoms with Crippen LogP contribution in [-0.4, -0.2) is 34.4 Å². The molecular weight excluding hydrogens is 566 g/mol. The summed E-state index contributed by atoms with van der Waals surface area (Å²) < 4.78 is 28.7. The maximum atomic E-state index is 11.8. The quantitative estimate of drug-likeness (QED) is 0.184. The number of rotatable bonds is 8. The lowest BCUT2D eigenvalue weighted by atomic mass is 10.0. The summed E-state index contributed by atoms with van der Waals surface area (Å²) in [7, 11) is -3.45. The molecule has 0 aliphatic heterocycles. The van der Waals surface area contributed by atoms with E-state index in [2.05, 4.69) is 79.5 Å². The zero-order valence-corrected chi connectivity index (χ0v) is 23.4. The first-order valence-corrected chi connectivity index (χ1v) is 14.6. The van der Waals surface area contributed by atoms with Gasteiger partial charge in [0.2, 0.25) is 16.0 Å². The highest BCUT2D eigenvalue weighted by atomic mass is 79.9. The molecule has 0 saturated heterocycles. The molecule has 5 rings (SSSR count). The fraction of sp³-hybridized carbons (Fsp3) is 0.148. The van der Waals surface area contributed by atoms with Gasteiger partial charge in [0.05, 0.1) is 27.6 Å². The molecule has 0 aliphatic carbocycles. The summed E-state index contributed by atoms with van der Waals surface area (Å²) in [5.41, 5.74) is 4.73. The number of anilines is 5. The lowest BCUT2D eigenvalue weighted by Gasteiger charge is -2.15. The van der Waals surface area contributed by atoms with Crippen LogP contribution >= 0.6 is 15.9 Å². The summed E-state index contributed by atoms with van der Waals surface area (Å²) in [5, 5.41) is 12.3. The Morgan fingerprint density at radius 3 is 2.37 bits per heavy atom. The van der Waals surface area contributed by atoms with Crippen LogP contribution in [0.1, 0.15) is 19.9 Å². The van der Waals surface area contributed by atoms with Gasteiger partial charge >= 0.3 is 0 Å². The second-order valence-electron chi connectivity index (χ2n) is 9.08. The Bertz CT molecular complexity index is 1740. The third-order valence-corrected chi connectivity index (χ3v) is 6.93. The van der Waals surface area contributed by atoms with E-state index in [0.717, 1.165) is 34.0 Å². The van der Waals surface area contributed by atoms with Gasteiger partial charge in [-0.1, -0.05) is 42.5 Å². The molecule has 0 fully saturated rings. The molecule has 38 heavy (non-hydrogen) atoms. The summed E-state index contributed by atoms with van der Waals surface area (Å²) in [6.07, 6.45) is 4.80. The SMILES string of the molecule is CC(C)n1cc2ccc(-c3ccccc3Nc3ncc(Br)c(Nc4ccccc4NS(C)(=O)=O)n3)cc2n1. The minimum Gasteiger partial charge on any atom is -0.337 e. The van der Waals surface area contributed by atoms with Crippen molar-refractivity contribution >= 4 is 65.7 Å². The third kappa shape index (κ3) is 5.79. The molecule has 0 spiro atoms. The molecule has 0 unspecified atom stereocenters. The van der Waals surface area contributed by atoms with Gasteiger partial charge in [-0.25, -0.2) is 13.4 Å². The van der Waals surface area contributed by atoms with Gasteiger partial charge in [-0.2, -0.15) is 10.1 Å². The second-order valence-corrected chi connectivity index (χ2v) is 11.7. The van der Waals surface area contributed by atoms with Crippen LogP contribution in [0.25, 0.3) is 22.0 Å². The van der Waals surface area contributed by atoms with Crippen LogP contribution in [0, 0.1) is 0 Å². The summed E-state index contributed by atoms with van der Waals surface area (Å²) >= 11 is 3.48. The van der Waals surface area contributed by atoms with Gasteiger partial charge in [0.15, 0.2) is 0 Å². The van der Waals surface area contributed by atoms with Crippen molar-refractivity contribution in [1.82, 2.24) is 19.7 Å². The molecule has 2 aromatic heterocycles. The predicted octanol–water partition coefficient (Wildman–Crippen LogP) is 6.70. The van der Waals surface area contributed by atoms with E-state index < -0.39 is 10.0 Å². The molecule has 3 aromatic carbocycles. The van der Waals surface area contributed by atoms with Gasteiger partial charge in [0.1, 0.15) is 5.82 Å². The smallest absolute Gasteiger partial charge is 0.229 e. The molecule has 3 N–H and O–H groups in total. The number of nitrogens with one attached hydrogen (secondary N) is 3. The fourth-order valence-electron chi connectivity index (χ4n) is 3.96. The van der Waals surface area contributed by atoms with Crippen LogP contribution in [-0.2, 0) is 10.0 Å². The Hall–Kier alpha value is -3.96. The normalized spacial score (nSPS) is 11.6. The molecule has 0 bridgehead atoms. The number of halogens is 1. The molecule has 0 radical (unpaired) electrons. The van der Waals surface area contributed by atoms with Gasteiger partial charge in [-0.3, -0.25) is 9.40 Å². The molecule has 5 aromatic rings. The minimum absolute atomic E-state index is 0.284. The monoisotopic (exact) mass is 591 g/mol. The van der Waals surface area contributed by atoms with Crippen LogP contribution in [0.2, 0.25) is 0 Å². The number of hydrogen-bond acceptors (Lipinski definition) is 7. The van der Waals surface area contributed by atoms with E-state index in [1.165, 1.54) is 0 Å². The van der Waals surface area contributed by atoms with E-state index in [9.17, 15) is 8.42 Å². The number of benzene rings is 3. The first kappa shape index (κ1) is 25.7. The fourth-order valence-corrected chi connectivity index (χ4v) is 4.82. The average Bonchev–Trinajstić information content (AvgIpc) is 3.31. The zero-order valence-electron chi connectivity index (χ0n) is 21.0. The summed E-state index contributed by atoms with van der Waals surface area (Å²) in [6.45, 7) is 4.21. The Kier molecular flexibility index (Phi) is 7.04. The van der Waals surface area contributed by atoms with Crippen molar-refractivity contribution < 1.29 is 8.42 Å². The van der Waals surface area contributed by atoms with Crippen molar-refractivity contribution in [3.05, 3.63) is 83.6 Å². The minimum atomic E-state index is -3.45. The topological polar surface area (TPSA) is 114 Å². The Balaban J connectivity index is 1.45. The Morgan fingerprint density at radius 2 is 1.63 bits per heavy atom. The molecule has 0 saturated carbocycles. The van der Waals surface area contributed by atoms with E-state index >= 15 is 0 Å². The van der Waals surface area contributed by atoms with Crippen molar-refractivity contribution in [1.29, 1.82) is 0 Å². The first-order chi connectivity index (χ1) is 18.2. The third-order valence-electron chi connectivity index (χ3n) is 5.76. The van der Waals surface area contributed by atoms with Gasteiger partial charge in [0, 0.05) is 35.1 Å². The Labute approximate surface area is 229 Å². The van der Waals surface area contributed by atoms with Crippen LogP contribution in [0.4, 0.5) is 28.8 Å². The summed E-state index contributed by atoms with van der Waals surface area (Å²) in [6, 6.07) is 21.5. The highest BCUT2D eigenvalue weighted by Gasteiger charge is 2.13. The van der Waals surface area contributed by atoms with Crippen LogP contribution in [0.3, 0.4) is 0 Å². The van der Waals surface area contributed by atoms with Gasteiger partial charge in [0.25, 0.3) is 0 Å². The number of fused-ring (bicyclic) bond motifs is 1. The molecule has 11 heteroatoms. The first-order valence-electron chi connectivity index (χ1n) is 11.9. The zero-order chi connectivity index (χ0) is 26.9. The lowest BCUT2D eigenvalue weighted by Crippen LogP contribution is -2.11. The summed E-state index contributed by atoms with van der Waals surface area (Å²) in [5.74, 6) is 0.852. The van der Waals surface area contributed by atoms with Gasteiger partial charge in [-0.05, 0) is 59.6 Å². The number of nitrogens with zero attached hydrogens (tertiary/aromatic N) is 4. The van der Waals surface area contributed by atoms with Gasteiger partial charge < -0.3 is 10.6 Å². The highest BCUT2D eigenvalue weighted by molar-refractivity contribution is 9.10. The molecule has 194 valence electrons. The van der Waals surface area contributed by atoms with E-state index in [0.29, 0.717) is 27.6 Å². The van der Waals surface area contributed by atoms with Crippen LogP contribution in [0.15, 0.2) is 83.6 Å². The lowest BCUT2D eigenvalue weighted by molar-refractivity contribution is 0.537. The van der Waals surface area contributed by atoms with Crippen molar-refractivity contribution in [2.24, 2.45) is 0 Å². The van der Waals surface area contributed by atoms with Crippen molar-refractivity contribution in [3.63, 3.8) is 0 Å². The number of hydrogen-bond donors (Lipinski definition) is 3. The number of sulfonamides is 1.